The second kappa shape index (κ2) is 4.66. The van der Waals surface area contributed by atoms with E-state index in [4.69, 9.17) is 15.6 Å². The van der Waals surface area contributed by atoms with Crippen LogP contribution in [0.3, 0.4) is 0 Å². The van der Waals surface area contributed by atoms with Gasteiger partial charge in [0.15, 0.2) is 0 Å². The summed E-state index contributed by atoms with van der Waals surface area (Å²) in [5.41, 5.74) is 5.57. The maximum Gasteiger partial charge on any atom is 0.0595 e. The molecule has 1 saturated heterocycles. The van der Waals surface area contributed by atoms with Gasteiger partial charge in [-0.3, -0.25) is 4.90 Å². The minimum atomic E-state index is -0.104. The molecule has 0 bridgehead atoms. The largest absolute Gasteiger partial charge is 0.395 e. The molecule has 1 atom stereocenters. The van der Waals surface area contributed by atoms with E-state index >= 15 is 0 Å². The lowest BCUT2D eigenvalue weighted by atomic mass is 10.3. The average Bonchev–Trinajstić information content (AvgIpc) is 2.06. The Labute approximate surface area is 66.9 Å². The van der Waals surface area contributed by atoms with Crippen molar-refractivity contribution >= 4 is 0 Å². The summed E-state index contributed by atoms with van der Waals surface area (Å²) in [5, 5.41) is 8.68. The van der Waals surface area contributed by atoms with Gasteiger partial charge in [0.25, 0.3) is 0 Å². The van der Waals surface area contributed by atoms with E-state index in [0.717, 1.165) is 32.8 Å². The zero-order chi connectivity index (χ0) is 8.10. The normalized spacial score (nSPS) is 23.5. The summed E-state index contributed by atoms with van der Waals surface area (Å²) in [5.74, 6) is 0. The predicted molar refractivity (Wildman–Crippen MR) is 42.3 cm³/mol. The number of hydrogen-bond acceptors (Lipinski definition) is 4. The fraction of sp³-hybridized carbons (Fsp3) is 1.00. The second-order valence-corrected chi connectivity index (χ2v) is 2.86. The molecule has 1 fully saturated rings. The van der Waals surface area contributed by atoms with E-state index in [1.165, 1.54) is 0 Å². The molecule has 0 amide bonds. The highest BCUT2D eigenvalue weighted by Gasteiger charge is 2.12. The maximum absolute atomic E-state index is 8.68. The van der Waals surface area contributed by atoms with Crippen LogP contribution in [0.15, 0.2) is 0 Å². The van der Waals surface area contributed by atoms with Crippen molar-refractivity contribution in [3.63, 3.8) is 0 Å². The van der Waals surface area contributed by atoms with Crippen molar-refractivity contribution in [2.75, 3.05) is 39.5 Å². The zero-order valence-electron chi connectivity index (χ0n) is 6.70. The van der Waals surface area contributed by atoms with Crippen molar-refractivity contribution in [1.82, 2.24) is 4.90 Å². The van der Waals surface area contributed by atoms with Gasteiger partial charge in [0.2, 0.25) is 0 Å². The first-order valence-corrected chi connectivity index (χ1v) is 3.99. The second-order valence-electron chi connectivity index (χ2n) is 2.86. The van der Waals surface area contributed by atoms with Crippen molar-refractivity contribution in [2.45, 2.75) is 6.04 Å². The number of aliphatic hydroxyl groups excluding tert-OH is 1. The molecule has 0 radical (unpaired) electrons. The summed E-state index contributed by atoms with van der Waals surface area (Å²) in [7, 11) is 0. The number of rotatable bonds is 3. The standard InChI is InChI=1S/C7H16N2O2/c8-7(6-10)5-9-1-3-11-4-2-9/h7,10H,1-6,8H2. The highest BCUT2D eigenvalue weighted by molar-refractivity contribution is 4.69. The topological polar surface area (TPSA) is 58.7 Å². The first-order chi connectivity index (χ1) is 5.33. The van der Waals surface area contributed by atoms with Crippen molar-refractivity contribution in [3.8, 4) is 0 Å². The van der Waals surface area contributed by atoms with E-state index in [0.29, 0.717) is 0 Å². The summed E-state index contributed by atoms with van der Waals surface area (Å²) < 4.78 is 5.17. The maximum atomic E-state index is 8.68. The van der Waals surface area contributed by atoms with Gasteiger partial charge in [0.05, 0.1) is 19.8 Å². The SMILES string of the molecule is NC(CO)CN1CCOCC1. The molecule has 0 spiro atoms. The van der Waals surface area contributed by atoms with E-state index in [2.05, 4.69) is 4.90 Å². The summed E-state index contributed by atoms with van der Waals surface area (Å²) >= 11 is 0. The lowest BCUT2D eigenvalue weighted by molar-refractivity contribution is 0.0324. The van der Waals surface area contributed by atoms with Gasteiger partial charge in [-0.25, -0.2) is 0 Å². The third-order valence-corrected chi connectivity index (χ3v) is 1.83. The van der Waals surface area contributed by atoms with Crippen LogP contribution in [0.25, 0.3) is 0 Å². The Balaban J connectivity index is 2.13. The predicted octanol–water partition coefficient (Wildman–Crippen LogP) is -1.36. The van der Waals surface area contributed by atoms with E-state index < -0.39 is 0 Å². The summed E-state index contributed by atoms with van der Waals surface area (Å²) in [6.07, 6.45) is 0. The number of aliphatic hydroxyl groups is 1. The molecule has 0 saturated carbocycles. The lowest BCUT2D eigenvalue weighted by Gasteiger charge is -2.28. The Kier molecular flexibility index (Phi) is 3.79. The highest BCUT2D eigenvalue weighted by Crippen LogP contribution is 1.96. The number of hydrogen-bond donors (Lipinski definition) is 2. The van der Waals surface area contributed by atoms with Crippen molar-refractivity contribution in [2.24, 2.45) is 5.73 Å². The number of nitrogens with zero attached hydrogens (tertiary/aromatic N) is 1. The minimum Gasteiger partial charge on any atom is -0.395 e. The summed E-state index contributed by atoms with van der Waals surface area (Å²) in [4.78, 5) is 2.21. The molecule has 1 rings (SSSR count). The number of ether oxygens (including phenoxy) is 1. The van der Waals surface area contributed by atoms with Crippen molar-refractivity contribution in [1.29, 1.82) is 0 Å². The van der Waals surface area contributed by atoms with Crippen molar-refractivity contribution < 1.29 is 9.84 Å². The van der Waals surface area contributed by atoms with Crippen LogP contribution in [-0.2, 0) is 4.74 Å². The van der Waals surface area contributed by atoms with Crippen LogP contribution in [0, 0.1) is 0 Å². The Morgan fingerprint density at radius 2 is 2.09 bits per heavy atom. The fourth-order valence-corrected chi connectivity index (χ4v) is 1.17. The quantitative estimate of drug-likeness (QED) is 0.535. The molecule has 0 aliphatic carbocycles. The number of morpholine rings is 1. The number of nitrogens with two attached hydrogens (primary N) is 1. The molecule has 66 valence electrons. The molecule has 1 unspecified atom stereocenters. The molecule has 0 aromatic heterocycles. The molecular formula is C7H16N2O2. The first kappa shape index (κ1) is 8.93. The van der Waals surface area contributed by atoms with Gasteiger partial charge >= 0.3 is 0 Å². The van der Waals surface area contributed by atoms with Crippen molar-refractivity contribution in [3.05, 3.63) is 0 Å². The average molecular weight is 160 g/mol. The first-order valence-electron chi connectivity index (χ1n) is 3.99. The van der Waals surface area contributed by atoms with Crippen LogP contribution in [-0.4, -0.2) is 55.5 Å². The molecule has 4 nitrogen and oxygen atoms in total. The molecule has 3 N–H and O–H groups in total. The van der Waals surface area contributed by atoms with Crippen LogP contribution < -0.4 is 5.73 Å². The third-order valence-electron chi connectivity index (χ3n) is 1.83. The third kappa shape index (κ3) is 3.16. The molecule has 4 heteroatoms. The molecule has 1 aliphatic rings. The van der Waals surface area contributed by atoms with Crippen LogP contribution in [0.5, 0.6) is 0 Å². The van der Waals surface area contributed by atoms with E-state index in [1.54, 1.807) is 0 Å². The minimum absolute atomic E-state index is 0.0668. The van der Waals surface area contributed by atoms with Gasteiger partial charge in [0.1, 0.15) is 0 Å². The van der Waals surface area contributed by atoms with Gasteiger partial charge in [0, 0.05) is 25.7 Å². The highest BCUT2D eigenvalue weighted by atomic mass is 16.5. The summed E-state index contributed by atoms with van der Waals surface area (Å²) in [6, 6.07) is -0.104. The van der Waals surface area contributed by atoms with Gasteiger partial charge in [-0.05, 0) is 0 Å². The molecule has 1 aliphatic heterocycles. The fourth-order valence-electron chi connectivity index (χ4n) is 1.17. The van der Waals surface area contributed by atoms with Crippen LogP contribution in [0.2, 0.25) is 0 Å². The van der Waals surface area contributed by atoms with Gasteiger partial charge < -0.3 is 15.6 Å². The molecule has 1 heterocycles. The lowest BCUT2D eigenvalue weighted by Crippen LogP contribution is -2.44. The van der Waals surface area contributed by atoms with Gasteiger partial charge in [-0.1, -0.05) is 0 Å². The molecule has 0 aromatic rings. The van der Waals surface area contributed by atoms with Gasteiger partial charge in [-0.2, -0.15) is 0 Å². The summed E-state index contributed by atoms with van der Waals surface area (Å²) in [6.45, 7) is 4.30. The van der Waals surface area contributed by atoms with E-state index in [1.807, 2.05) is 0 Å². The Hall–Kier alpha value is -0.160. The monoisotopic (exact) mass is 160 g/mol. The Morgan fingerprint density at radius 3 is 2.64 bits per heavy atom. The molecule has 0 aromatic carbocycles. The van der Waals surface area contributed by atoms with Crippen LogP contribution >= 0.6 is 0 Å². The zero-order valence-corrected chi connectivity index (χ0v) is 6.70. The van der Waals surface area contributed by atoms with Gasteiger partial charge in [-0.15, -0.1) is 0 Å². The van der Waals surface area contributed by atoms with Crippen LogP contribution in [0.4, 0.5) is 0 Å². The van der Waals surface area contributed by atoms with E-state index in [-0.39, 0.29) is 12.6 Å². The van der Waals surface area contributed by atoms with E-state index in [9.17, 15) is 0 Å². The van der Waals surface area contributed by atoms with Crippen LogP contribution in [0.1, 0.15) is 0 Å². The smallest absolute Gasteiger partial charge is 0.0595 e. The Bertz CT molecular complexity index is 105. The Morgan fingerprint density at radius 1 is 1.45 bits per heavy atom. The molecular weight excluding hydrogens is 144 g/mol. The molecule has 11 heavy (non-hydrogen) atoms.